The average Bonchev–Trinajstić information content (AvgIpc) is 2.22. The van der Waals surface area contributed by atoms with Gasteiger partial charge in [0.25, 0.3) is 0 Å². The first-order valence-corrected chi connectivity index (χ1v) is 6.76. The van der Waals surface area contributed by atoms with Crippen LogP contribution in [0.5, 0.6) is 0 Å². The number of nitrogens with two attached hydrogens (primary N) is 1. The smallest absolute Gasteiger partial charge is 0.0604 e. The number of benzene rings is 1. The third-order valence-corrected chi connectivity index (χ3v) is 4.12. The van der Waals surface area contributed by atoms with Crippen molar-refractivity contribution in [1.29, 1.82) is 0 Å². The van der Waals surface area contributed by atoms with Crippen molar-refractivity contribution in [3.05, 3.63) is 28.2 Å². The average molecular weight is 266 g/mol. The summed E-state index contributed by atoms with van der Waals surface area (Å²) in [5.41, 5.74) is 5.36. The molecule has 0 radical (unpaired) electrons. The molecule has 1 unspecified atom stereocenters. The van der Waals surface area contributed by atoms with E-state index in [2.05, 4.69) is 0 Å². The van der Waals surface area contributed by atoms with Crippen LogP contribution >= 0.6 is 23.2 Å². The first-order valence-electron chi connectivity index (χ1n) is 4.68. The van der Waals surface area contributed by atoms with Crippen molar-refractivity contribution < 1.29 is 4.21 Å². The molecule has 15 heavy (non-hydrogen) atoms. The van der Waals surface area contributed by atoms with E-state index in [0.29, 0.717) is 22.3 Å². The molecule has 0 aromatic heterocycles. The van der Waals surface area contributed by atoms with Gasteiger partial charge in [-0.1, -0.05) is 23.2 Å². The molecule has 1 aromatic rings. The minimum Gasteiger partial charge on any atom is -0.330 e. The standard InChI is InChI=1S/C10H13Cl2NOS/c11-9-4-3-8(7-10(9)12)15(14)6-2-1-5-13/h3-4,7H,1-2,5-6,13H2. The summed E-state index contributed by atoms with van der Waals surface area (Å²) >= 11 is 11.6. The lowest BCUT2D eigenvalue weighted by molar-refractivity contribution is 0.678. The Kier molecular flexibility index (Phi) is 5.61. The fourth-order valence-corrected chi connectivity index (χ4v) is 2.65. The molecule has 0 saturated carbocycles. The quantitative estimate of drug-likeness (QED) is 0.833. The molecule has 0 saturated heterocycles. The minimum atomic E-state index is -1.00. The van der Waals surface area contributed by atoms with Gasteiger partial charge < -0.3 is 5.73 Å². The fraction of sp³-hybridized carbons (Fsp3) is 0.400. The third kappa shape index (κ3) is 4.11. The molecule has 5 heteroatoms. The van der Waals surface area contributed by atoms with Gasteiger partial charge in [-0.3, -0.25) is 4.21 Å². The number of hydrogen-bond acceptors (Lipinski definition) is 2. The molecule has 1 aromatic carbocycles. The Labute approximate surface area is 102 Å². The SMILES string of the molecule is NCCCCS(=O)c1ccc(Cl)c(Cl)c1. The predicted octanol–water partition coefficient (Wildman–Crippen LogP) is 2.84. The molecule has 1 rings (SSSR count). The normalized spacial score (nSPS) is 12.7. The molecule has 2 nitrogen and oxygen atoms in total. The Bertz CT molecular complexity index is 357. The fourth-order valence-electron chi connectivity index (χ4n) is 1.11. The van der Waals surface area contributed by atoms with Gasteiger partial charge >= 0.3 is 0 Å². The Morgan fingerprint density at radius 3 is 2.53 bits per heavy atom. The molecule has 84 valence electrons. The van der Waals surface area contributed by atoms with Crippen LogP contribution in [0.2, 0.25) is 10.0 Å². The first kappa shape index (κ1) is 13.0. The minimum absolute atomic E-state index is 0.446. The Hall–Kier alpha value is -0.0900. The van der Waals surface area contributed by atoms with Gasteiger partial charge in [0.05, 0.1) is 20.8 Å². The summed E-state index contributed by atoms with van der Waals surface area (Å²) in [6.07, 6.45) is 1.76. The zero-order valence-electron chi connectivity index (χ0n) is 8.21. The van der Waals surface area contributed by atoms with E-state index in [1.54, 1.807) is 18.2 Å². The molecule has 0 aliphatic heterocycles. The molecule has 0 fully saturated rings. The number of hydrogen-bond donors (Lipinski definition) is 1. The number of rotatable bonds is 5. The summed E-state index contributed by atoms with van der Waals surface area (Å²) in [5.74, 6) is 0.620. The highest BCUT2D eigenvalue weighted by molar-refractivity contribution is 7.85. The number of unbranched alkanes of at least 4 members (excludes halogenated alkanes) is 1. The maximum Gasteiger partial charge on any atom is 0.0604 e. The van der Waals surface area contributed by atoms with Crippen LogP contribution in [-0.4, -0.2) is 16.5 Å². The van der Waals surface area contributed by atoms with E-state index in [1.165, 1.54) is 0 Å². The molecule has 0 amide bonds. The van der Waals surface area contributed by atoms with Gasteiger partial charge in [-0.05, 0) is 37.6 Å². The van der Waals surface area contributed by atoms with Crippen LogP contribution in [0.4, 0.5) is 0 Å². The molecule has 1 atom stereocenters. The lowest BCUT2D eigenvalue weighted by atomic mass is 10.3. The summed E-state index contributed by atoms with van der Waals surface area (Å²) < 4.78 is 11.8. The van der Waals surface area contributed by atoms with Crippen LogP contribution in [0.1, 0.15) is 12.8 Å². The second kappa shape index (κ2) is 6.48. The Morgan fingerprint density at radius 1 is 1.20 bits per heavy atom. The maximum absolute atomic E-state index is 11.8. The number of halogens is 2. The third-order valence-electron chi connectivity index (χ3n) is 1.94. The van der Waals surface area contributed by atoms with E-state index in [-0.39, 0.29) is 0 Å². The molecule has 0 aliphatic carbocycles. The second-order valence-corrected chi connectivity index (χ2v) is 5.51. The van der Waals surface area contributed by atoms with Gasteiger partial charge in [-0.2, -0.15) is 0 Å². The largest absolute Gasteiger partial charge is 0.330 e. The highest BCUT2D eigenvalue weighted by atomic mass is 35.5. The molecule has 0 heterocycles. The van der Waals surface area contributed by atoms with Crippen LogP contribution in [0.3, 0.4) is 0 Å². The van der Waals surface area contributed by atoms with Gasteiger partial charge in [0.2, 0.25) is 0 Å². The summed E-state index contributed by atoms with van der Waals surface area (Å²) in [6, 6.07) is 5.06. The highest BCUT2D eigenvalue weighted by Crippen LogP contribution is 2.24. The maximum atomic E-state index is 11.8. The van der Waals surface area contributed by atoms with Crippen molar-refractivity contribution in [1.82, 2.24) is 0 Å². The van der Waals surface area contributed by atoms with E-state index in [9.17, 15) is 4.21 Å². The van der Waals surface area contributed by atoms with Crippen LogP contribution in [-0.2, 0) is 10.8 Å². The van der Waals surface area contributed by atoms with Gasteiger partial charge in [0.1, 0.15) is 0 Å². The second-order valence-electron chi connectivity index (χ2n) is 3.12. The molecule has 0 spiro atoms. The van der Waals surface area contributed by atoms with Crippen LogP contribution in [0, 0.1) is 0 Å². The van der Waals surface area contributed by atoms with Crippen molar-refractivity contribution in [2.75, 3.05) is 12.3 Å². The Morgan fingerprint density at radius 2 is 1.93 bits per heavy atom. The molecular weight excluding hydrogens is 253 g/mol. The van der Waals surface area contributed by atoms with Gasteiger partial charge in [-0.15, -0.1) is 0 Å². The van der Waals surface area contributed by atoms with Crippen molar-refractivity contribution in [3.63, 3.8) is 0 Å². The van der Waals surface area contributed by atoms with Crippen LogP contribution in [0.15, 0.2) is 23.1 Å². The van der Waals surface area contributed by atoms with E-state index >= 15 is 0 Å². The van der Waals surface area contributed by atoms with Crippen LogP contribution in [0.25, 0.3) is 0 Å². The van der Waals surface area contributed by atoms with Crippen molar-refractivity contribution >= 4 is 34.0 Å². The van der Waals surface area contributed by atoms with E-state index in [1.807, 2.05) is 0 Å². The lowest BCUT2D eigenvalue weighted by Gasteiger charge is -2.03. The first-order chi connectivity index (χ1) is 7.15. The topological polar surface area (TPSA) is 43.1 Å². The van der Waals surface area contributed by atoms with Crippen molar-refractivity contribution in [3.8, 4) is 0 Å². The monoisotopic (exact) mass is 265 g/mol. The summed E-state index contributed by atoms with van der Waals surface area (Å²) in [6.45, 7) is 0.637. The molecule has 0 bridgehead atoms. The van der Waals surface area contributed by atoms with Crippen molar-refractivity contribution in [2.45, 2.75) is 17.7 Å². The Balaban J connectivity index is 2.62. The lowest BCUT2D eigenvalue weighted by Crippen LogP contribution is -2.03. The van der Waals surface area contributed by atoms with E-state index in [4.69, 9.17) is 28.9 Å². The molecule has 2 N–H and O–H groups in total. The summed E-state index contributed by atoms with van der Waals surface area (Å²) in [4.78, 5) is 0.724. The highest BCUT2D eigenvalue weighted by Gasteiger charge is 2.06. The molecular formula is C10H13Cl2NOS. The van der Waals surface area contributed by atoms with Crippen LogP contribution < -0.4 is 5.73 Å². The van der Waals surface area contributed by atoms with E-state index in [0.717, 1.165) is 17.7 Å². The summed E-state index contributed by atoms with van der Waals surface area (Å²) in [5, 5.41) is 0.931. The summed E-state index contributed by atoms with van der Waals surface area (Å²) in [7, 11) is -1.00. The van der Waals surface area contributed by atoms with Crippen molar-refractivity contribution in [2.24, 2.45) is 5.73 Å². The van der Waals surface area contributed by atoms with E-state index < -0.39 is 10.8 Å². The van der Waals surface area contributed by atoms with Gasteiger partial charge in [0.15, 0.2) is 0 Å². The van der Waals surface area contributed by atoms with Gasteiger partial charge in [-0.25, -0.2) is 0 Å². The molecule has 0 aliphatic rings. The van der Waals surface area contributed by atoms with Gasteiger partial charge in [0, 0.05) is 10.6 Å². The zero-order valence-corrected chi connectivity index (χ0v) is 10.5. The predicted molar refractivity (Wildman–Crippen MR) is 66.0 cm³/mol. The zero-order chi connectivity index (χ0) is 11.3.